The maximum atomic E-state index is 9.40. The van der Waals surface area contributed by atoms with Gasteiger partial charge in [0.2, 0.25) is 0 Å². The third-order valence-corrected chi connectivity index (χ3v) is 2.94. The molecule has 1 aromatic carbocycles. The zero-order valence-electron chi connectivity index (χ0n) is 8.39. The fraction of sp³-hybridized carbons (Fsp3) is 0.500. The van der Waals surface area contributed by atoms with Crippen molar-refractivity contribution in [1.29, 1.82) is 0 Å². The quantitative estimate of drug-likeness (QED) is 0.787. The van der Waals surface area contributed by atoms with Gasteiger partial charge in [0.05, 0.1) is 12.6 Å². The fourth-order valence-corrected chi connectivity index (χ4v) is 2.16. The van der Waals surface area contributed by atoms with Gasteiger partial charge in [0.25, 0.3) is 0 Å². The standard InChI is InChI=1S/C12H17NO/c14-10-12(13-8-4-5-9-13)11-6-2-1-3-7-11/h1-3,6-7,12,14H,4-5,8-10H2. The molecular formula is C12H17NO. The largest absolute Gasteiger partial charge is 0.394 e. The van der Waals surface area contributed by atoms with Crippen molar-refractivity contribution < 1.29 is 5.11 Å². The minimum Gasteiger partial charge on any atom is -0.394 e. The molecule has 0 amide bonds. The molecule has 1 aliphatic heterocycles. The molecule has 0 aromatic heterocycles. The average molecular weight is 191 g/mol. The summed E-state index contributed by atoms with van der Waals surface area (Å²) in [5.74, 6) is 0. The Kier molecular flexibility index (Phi) is 3.17. The molecular weight excluding hydrogens is 174 g/mol. The molecule has 0 spiro atoms. The summed E-state index contributed by atoms with van der Waals surface area (Å²) < 4.78 is 0. The van der Waals surface area contributed by atoms with E-state index < -0.39 is 0 Å². The molecule has 1 N–H and O–H groups in total. The first-order chi connectivity index (χ1) is 6.92. The van der Waals surface area contributed by atoms with Crippen molar-refractivity contribution in [2.45, 2.75) is 18.9 Å². The van der Waals surface area contributed by atoms with E-state index in [9.17, 15) is 5.11 Å². The van der Waals surface area contributed by atoms with Crippen molar-refractivity contribution >= 4 is 0 Å². The molecule has 0 radical (unpaired) electrons. The van der Waals surface area contributed by atoms with E-state index in [2.05, 4.69) is 17.0 Å². The molecule has 1 unspecified atom stereocenters. The van der Waals surface area contributed by atoms with E-state index in [1.807, 2.05) is 18.2 Å². The number of aliphatic hydroxyl groups excluding tert-OH is 1. The van der Waals surface area contributed by atoms with Crippen LogP contribution in [0.3, 0.4) is 0 Å². The molecule has 14 heavy (non-hydrogen) atoms. The lowest BCUT2D eigenvalue weighted by Crippen LogP contribution is -2.28. The van der Waals surface area contributed by atoms with Gasteiger partial charge in [-0.15, -0.1) is 0 Å². The van der Waals surface area contributed by atoms with Crippen LogP contribution in [0.15, 0.2) is 30.3 Å². The number of likely N-dealkylation sites (tertiary alicyclic amines) is 1. The van der Waals surface area contributed by atoms with Crippen LogP contribution in [0, 0.1) is 0 Å². The van der Waals surface area contributed by atoms with Crippen LogP contribution < -0.4 is 0 Å². The van der Waals surface area contributed by atoms with E-state index in [1.54, 1.807) is 0 Å². The number of rotatable bonds is 3. The molecule has 2 heteroatoms. The third-order valence-electron chi connectivity index (χ3n) is 2.94. The molecule has 2 nitrogen and oxygen atoms in total. The predicted octanol–water partition coefficient (Wildman–Crippen LogP) is 1.82. The maximum Gasteiger partial charge on any atom is 0.0628 e. The average Bonchev–Trinajstić information content (AvgIpc) is 2.74. The van der Waals surface area contributed by atoms with Crippen LogP contribution in [0.2, 0.25) is 0 Å². The number of aliphatic hydroxyl groups is 1. The second-order valence-electron chi connectivity index (χ2n) is 3.85. The molecule has 1 heterocycles. The van der Waals surface area contributed by atoms with Crippen molar-refractivity contribution in [2.24, 2.45) is 0 Å². The first kappa shape index (κ1) is 9.69. The van der Waals surface area contributed by atoms with E-state index in [0.29, 0.717) is 0 Å². The summed E-state index contributed by atoms with van der Waals surface area (Å²) in [6.07, 6.45) is 2.53. The molecule has 0 aliphatic carbocycles. The lowest BCUT2D eigenvalue weighted by atomic mass is 10.1. The van der Waals surface area contributed by atoms with Crippen molar-refractivity contribution in [3.05, 3.63) is 35.9 Å². The van der Waals surface area contributed by atoms with Crippen LogP contribution in [0.4, 0.5) is 0 Å². The molecule has 1 aromatic rings. The van der Waals surface area contributed by atoms with E-state index in [1.165, 1.54) is 18.4 Å². The van der Waals surface area contributed by atoms with Crippen LogP contribution in [0.25, 0.3) is 0 Å². The normalized spacial score (nSPS) is 19.8. The van der Waals surface area contributed by atoms with Crippen molar-refractivity contribution in [3.63, 3.8) is 0 Å². The molecule has 76 valence electrons. The second kappa shape index (κ2) is 4.58. The molecule has 1 saturated heterocycles. The monoisotopic (exact) mass is 191 g/mol. The van der Waals surface area contributed by atoms with Crippen molar-refractivity contribution in [1.82, 2.24) is 4.90 Å². The molecule has 1 aliphatic rings. The highest BCUT2D eigenvalue weighted by atomic mass is 16.3. The first-order valence-electron chi connectivity index (χ1n) is 5.31. The van der Waals surface area contributed by atoms with Gasteiger partial charge >= 0.3 is 0 Å². The Balaban J connectivity index is 2.12. The number of hydrogen-bond donors (Lipinski definition) is 1. The van der Waals surface area contributed by atoms with Gasteiger partial charge in [-0.05, 0) is 31.5 Å². The van der Waals surface area contributed by atoms with Crippen LogP contribution in [0.1, 0.15) is 24.4 Å². The summed E-state index contributed by atoms with van der Waals surface area (Å²) in [6, 6.07) is 10.5. The summed E-state index contributed by atoms with van der Waals surface area (Å²) in [5, 5.41) is 9.40. The van der Waals surface area contributed by atoms with E-state index in [-0.39, 0.29) is 12.6 Å². The Labute approximate surface area is 85.2 Å². The van der Waals surface area contributed by atoms with E-state index in [0.717, 1.165) is 13.1 Å². The summed E-state index contributed by atoms with van der Waals surface area (Å²) in [5.41, 5.74) is 1.23. The van der Waals surface area contributed by atoms with E-state index in [4.69, 9.17) is 0 Å². The van der Waals surface area contributed by atoms with Crippen LogP contribution in [-0.4, -0.2) is 29.7 Å². The topological polar surface area (TPSA) is 23.5 Å². The first-order valence-corrected chi connectivity index (χ1v) is 5.31. The maximum absolute atomic E-state index is 9.40. The van der Waals surface area contributed by atoms with Gasteiger partial charge < -0.3 is 5.11 Å². The van der Waals surface area contributed by atoms with Gasteiger partial charge in [-0.3, -0.25) is 4.90 Å². The highest BCUT2D eigenvalue weighted by molar-refractivity contribution is 5.19. The number of benzene rings is 1. The molecule has 2 rings (SSSR count). The smallest absolute Gasteiger partial charge is 0.0628 e. The Morgan fingerprint density at radius 3 is 2.36 bits per heavy atom. The summed E-state index contributed by atoms with van der Waals surface area (Å²) >= 11 is 0. The van der Waals surface area contributed by atoms with Gasteiger partial charge in [-0.1, -0.05) is 30.3 Å². The van der Waals surface area contributed by atoms with Crippen LogP contribution >= 0.6 is 0 Å². The lowest BCUT2D eigenvalue weighted by Gasteiger charge is -2.25. The Hall–Kier alpha value is -0.860. The molecule has 0 saturated carbocycles. The Morgan fingerprint density at radius 2 is 1.79 bits per heavy atom. The fourth-order valence-electron chi connectivity index (χ4n) is 2.16. The minimum absolute atomic E-state index is 0.207. The third kappa shape index (κ3) is 1.97. The highest BCUT2D eigenvalue weighted by Gasteiger charge is 2.22. The van der Waals surface area contributed by atoms with Gasteiger partial charge in [0, 0.05) is 0 Å². The van der Waals surface area contributed by atoms with Gasteiger partial charge in [0.1, 0.15) is 0 Å². The van der Waals surface area contributed by atoms with Crippen LogP contribution in [0.5, 0.6) is 0 Å². The Bertz CT molecular complexity index is 267. The van der Waals surface area contributed by atoms with Gasteiger partial charge in [-0.25, -0.2) is 0 Å². The highest BCUT2D eigenvalue weighted by Crippen LogP contribution is 2.23. The summed E-state index contributed by atoms with van der Waals surface area (Å²) in [4.78, 5) is 2.37. The lowest BCUT2D eigenvalue weighted by molar-refractivity contribution is 0.147. The zero-order chi connectivity index (χ0) is 9.80. The summed E-state index contributed by atoms with van der Waals surface area (Å²) in [7, 11) is 0. The van der Waals surface area contributed by atoms with Crippen LogP contribution in [-0.2, 0) is 0 Å². The van der Waals surface area contributed by atoms with Crippen molar-refractivity contribution in [3.8, 4) is 0 Å². The number of hydrogen-bond acceptors (Lipinski definition) is 2. The summed E-state index contributed by atoms with van der Waals surface area (Å²) in [6.45, 7) is 2.48. The Morgan fingerprint density at radius 1 is 1.14 bits per heavy atom. The second-order valence-corrected chi connectivity index (χ2v) is 3.85. The molecule has 1 fully saturated rings. The number of nitrogens with zero attached hydrogens (tertiary/aromatic N) is 1. The minimum atomic E-state index is 0.207. The zero-order valence-corrected chi connectivity index (χ0v) is 8.39. The predicted molar refractivity (Wildman–Crippen MR) is 57.1 cm³/mol. The molecule has 0 bridgehead atoms. The van der Waals surface area contributed by atoms with E-state index >= 15 is 0 Å². The van der Waals surface area contributed by atoms with Gasteiger partial charge in [0.15, 0.2) is 0 Å². The molecule has 1 atom stereocenters. The van der Waals surface area contributed by atoms with Crippen molar-refractivity contribution in [2.75, 3.05) is 19.7 Å². The SMILES string of the molecule is OCC(c1ccccc1)N1CCCC1. The van der Waals surface area contributed by atoms with Gasteiger partial charge in [-0.2, -0.15) is 0 Å².